The Kier molecular flexibility index (Phi) is 7.32. The van der Waals surface area contributed by atoms with E-state index in [-0.39, 0.29) is 11.7 Å². The second kappa shape index (κ2) is 9.97. The molecule has 1 fully saturated rings. The largest absolute Gasteiger partial charge is 0.444 e. The van der Waals surface area contributed by atoms with Gasteiger partial charge in [-0.05, 0) is 51.5 Å². The third-order valence-electron chi connectivity index (χ3n) is 5.34. The van der Waals surface area contributed by atoms with Gasteiger partial charge >= 0.3 is 6.09 Å². The Morgan fingerprint density at radius 1 is 1.25 bits per heavy atom. The van der Waals surface area contributed by atoms with Crippen LogP contribution in [0.4, 0.5) is 10.6 Å². The van der Waals surface area contributed by atoms with Crippen molar-refractivity contribution in [1.29, 1.82) is 0 Å². The predicted molar refractivity (Wildman–Crippen MR) is 120 cm³/mol. The van der Waals surface area contributed by atoms with Crippen LogP contribution in [-0.4, -0.2) is 61.9 Å². The number of amides is 2. The second-order valence-electron chi connectivity index (χ2n) is 9.24. The molecule has 0 saturated carbocycles. The van der Waals surface area contributed by atoms with E-state index in [1.165, 1.54) is 6.20 Å². The predicted octanol–water partition coefficient (Wildman–Crippen LogP) is 2.35. The van der Waals surface area contributed by atoms with Gasteiger partial charge in [0.25, 0.3) is 5.91 Å². The average molecular weight is 444 g/mol. The Bertz CT molecular complexity index is 943. The molecule has 0 bridgehead atoms. The summed E-state index contributed by atoms with van der Waals surface area (Å²) in [6.07, 6.45) is 8.15. The number of aromatic nitrogens is 4. The number of nitrogens with zero attached hydrogens (tertiary/aromatic N) is 5. The Morgan fingerprint density at radius 2 is 1.97 bits per heavy atom. The van der Waals surface area contributed by atoms with Crippen molar-refractivity contribution < 1.29 is 14.3 Å². The van der Waals surface area contributed by atoms with Gasteiger partial charge in [0.15, 0.2) is 0 Å². The maximum absolute atomic E-state index is 12.2. The van der Waals surface area contributed by atoms with Gasteiger partial charge in [-0.3, -0.25) is 9.48 Å². The average Bonchev–Trinajstić information content (AvgIpc) is 3.11. The highest BCUT2D eigenvalue weighted by molar-refractivity contribution is 5.97. The summed E-state index contributed by atoms with van der Waals surface area (Å²) in [5.74, 6) is 0.967. The fourth-order valence-electron chi connectivity index (χ4n) is 3.69. The minimum absolute atomic E-state index is 0.248. The maximum Gasteiger partial charge on any atom is 0.410 e. The summed E-state index contributed by atoms with van der Waals surface area (Å²) in [6, 6.07) is 0. The third kappa shape index (κ3) is 6.66. The quantitative estimate of drug-likeness (QED) is 0.672. The van der Waals surface area contributed by atoms with E-state index in [9.17, 15) is 9.59 Å². The number of ether oxygens (including phenoxy) is 1. The smallest absolute Gasteiger partial charge is 0.410 e. The number of likely N-dealkylation sites (tertiary alicyclic amines) is 1. The van der Waals surface area contributed by atoms with E-state index in [2.05, 4.69) is 20.4 Å². The van der Waals surface area contributed by atoms with E-state index in [4.69, 9.17) is 10.5 Å². The van der Waals surface area contributed by atoms with Crippen molar-refractivity contribution >= 4 is 17.8 Å². The number of aryl methyl sites for hydroxylation is 1. The SMILES string of the molecule is Cn1cc(Cc2ncc(C(N)=O)c(NCCC3CCN(C(=O)OC(C)(C)C)CC3)n2)cn1. The molecule has 0 unspecified atom stereocenters. The van der Waals surface area contributed by atoms with E-state index in [1.54, 1.807) is 15.8 Å². The van der Waals surface area contributed by atoms with Crippen LogP contribution in [0.5, 0.6) is 0 Å². The van der Waals surface area contributed by atoms with Crippen LogP contribution in [0, 0.1) is 5.92 Å². The van der Waals surface area contributed by atoms with Crippen molar-refractivity contribution in [2.24, 2.45) is 18.7 Å². The summed E-state index contributed by atoms with van der Waals surface area (Å²) in [7, 11) is 1.85. The van der Waals surface area contributed by atoms with Crippen molar-refractivity contribution in [2.45, 2.75) is 52.1 Å². The van der Waals surface area contributed by atoms with Gasteiger partial charge in [0.2, 0.25) is 0 Å². The lowest BCUT2D eigenvalue weighted by atomic mass is 9.94. The summed E-state index contributed by atoms with van der Waals surface area (Å²) < 4.78 is 7.18. The normalized spacial score (nSPS) is 14.9. The molecule has 32 heavy (non-hydrogen) atoms. The summed E-state index contributed by atoms with van der Waals surface area (Å²) in [5.41, 5.74) is 6.28. The molecule has 2 aromatic heterocycles. The van der Waals surface area contributed by atoms with E-state index < -0.39 is 11.5 Å². The van der Waals surface area contributed by atoms with Crippen LogP contribution < -0.4 is 11.1 Å². The van der Waals surface area contributed by atoms with Crippen LogP contribution in [-0.2, 0) is 18.2 Å². The van der Waals surface area contributed by atoms with Crippen LogP contribution >= 0.6 is 0 Å². The number of primary amides is 1. The highest BCUT2D eigenvalue weighted by Crippen LogP contribution is 2.23. The number of carbonyl (C=O) groups is 2. The molecule has 3 rings (SSSR count). The molecule has 174 valence electrons. The molecule has 0 spiro atoms. The molecule has 0 radical (unpaired) electrons. The first-order valence-electron chi connectivity index (χ1n) is 11.0. The molecule has 0 atom stereocenters. The molecule has 1 saturated heterocycles. The van der Waals surface area contributed by atoms with Crippen molar-refractivity contribution in [3.63, 3.8) is 0 Å². The highest BCUT2D eigenvalue weighted by Gasteiger charge is 2.26. The minimum atomic E-state index is -0.564. The Labute approximate surface area is 188 Å². The molecular weight excluding hydrogens is 410 g/mol. The Balaban J connectivity index is 1.52. The molecule has 0 aromatic carbocycles. The van der Waals surface area contributed by atoms with Gasteiger partial charge in [0.05, 0.1) is 11.8 Å². The number of carbonyl (C=O) groups excluding carboxylic acids is 2. The molecule has 3 heterocycles. The number of piperidine rings is 1. The summed E-state index contributed by atoms with van der Waals surface area (Å²) in [5, 5.41) is 7.42. The van der Waals surface area contributed by atoms with Gasteiger partial charge in [0.1, 0.15) is 17.2 Å². The molecule has 10 heteroatoms. The molecule has 0 aliphatic carbocycles. The molecule has 2 aromatic rings. The monoisotopic (exact) mass is 443 g/mol. The van der Waals surface area contributed by atoms with Gasteiger partial charge in [-0.2, -0.15) is 5.10 Å². The van der Waals surface area contributed by atoms with Crippen LogP contribution in [0.15, 0.2) is 18.6 Å². The van der Waals surface area contributed by atoms with Crippen LogP contribution in [0.1, 0.15) is 61.8 Å². The van der Waals surface area contributed by atoms with Crippen LogP contribution in [0.2, 0.25) is 0 Å². The Hall–Kier alpha value is -3.17. The van der Waals surface area contributed by atoms with E-state index in [0.29, 0.717) is 43.6 Å². The molecule has 3 N–H and O–H groups in total. The highest BCUT2D eigenvalue weighted by atomic mass is 16.6. The molecule has 2 amide bonds. The summed E-state index contributed by atoms with van der Waals surface area (Å²) >= 11 is 0. The van der Waals surface area contributed by atoms with Gasteiger partial charge in [-0.15, -0.1) is 0 Å². The number of hydrogen-bond donors (Lipinski definition) is 2. The first-order chi connectivity index (χ1) is 15.1. The standard InChI is InChI=1S/C22H33N7O3/c1-22(2,3)32-21(31)29-9-6-15(7-10-29)5-8-24-20-17(19(23)30)13-25-18(27-20)11-16-12-26-28(4)14-16/h12-15H,5-11H2,1-4H3,(H2,23,30)(H,24,25,27). The zero-order valence-electron chi connectivity index (χ0n) is 19.3. The van der Waals surface area contributed by atoms with Crippen LogP contribution in [0.25, 0.3) is 0 Å². The van der Waals surface area contributed by atoms with E-state index in [0.717, 1.165) is 24.8 Å². The molecule has 1 aliphatic rings. The lowest BCUT2D eigenvalue weighted by molar-refractivity contribution is 0.0182. The first kappa shape index (κ1) is 23.5. The molecular formula is C22H33N7O3. The van der Waals surface area contributed by atoms with Crippen molar-refractivity contribution in [1.82, 2.24) is 24.6 Å². The Morgan fingerprint density at radius 3 is 2.56 bits per heavy atom. The number of rotatable bonds is 7. The van der Waals surface area contributed by atoms with Gasteiger partial charge < -0.3 is 20.7 Å². The van der Waals surface area contributed by atoms with Gasteiger partial charge in [-0.25, -0.2) is 14.8 Å². The van der Waals surface area contributed by atoms with Crippen molar-refractivity contribution in [3.05, 3.63) is 35.5 Å². The number of nitrogens with one attached hydrogen (secondary N) is 1. The molecule has 1 aliphatic heterocycles. The summed E-state index contributed by atoms with van der Waals surface area (Å²) in [4.78, 5) is 34.6. The third-order valence-corrected chi connectivity index (χ3v) is 5.34. The van der Waals surface area contributed by atoms with Crippen molar-refractivity contribution in [3.8, 4) is 0 Å². The van der Waals surface area contributed by atoms with Gasteiger partial charge in [-0.1, -0.05) is 0 Å². The minimum Gasteiger partial charge on any atom is -0.444 e. The number of anilines is 1. The lowest BCUT2D eigenvalue weighted by Crippen LogP contribution is -2.41. The van der Waals surface area contributed by atoms with Crippen LogP contribution in [0.3, 0.4) is 0 Å². The maximum atomic E-state index is 12.2. The fourth-order valence-corrected chi connectivity index (χ4v) is 3.69. The topological polar surface area (TPSA) is 128 Å². The first-order valence-corrected chi connectivity index (χ1v) is 11.0. The number of hydrogen-bond acceptors (Lipinski definition) is 7. The van der Waals surface area contributed by atoms with E-state index in [1.807, 2.05) is 34.0 Å². The second-order valence-corrected chi connectivity index (χ2v) is 9.24. The lowest BCUT2D eigenvalue weighted by Gasteiger charge is -2.33. The van der Waals surface area contributed by atoms with Gasteiger partial charge in [0, 0.05) is 45.5 Å². The zero-order chi connectivity index (χ0) is 23.3. The van der Waals surface area contributed by atoms with Crippen molar-refractivity contribution in [2.75, 3.05) is 25.0 Å². The molecule has 10 nitrogen and oxygen atoms in total. The fraction of sp³-hybridized carbons (Fsp3) is 0.591. The zero-order valence-corrected chi connectivity index (χ0v) is 19.3. The van der Waals surface area contributed by atoms with E-state index >= 15 is 0 Å². The summed E-state index contributed by atoms with van der Waals surface area (Å²) in [6.45, 7) is 7.65. The number of nitrogens with two attached hydrogens (primary N) is 1.